The van der Waals surface area contributed by atoms with Gasteiger partial charge in [-0.1, -0.05) is 271 Å². The zero-order valence-electron chi connectivity index (χ0n) is 65.2. The summed E-state index contributed by atoms with van der Waals surface area (Å²) in [4.78, 5) is 73.0. The highest BCUT2D eigenvalue weighted by Gasteiger charge is 2.30. The quantitative estimate of drug-likeness (QED) is 0.0169. The first-order valence-corrected chi connectivity index (χ1v) is 43.4. The summed E-state index contributed by atoms with van der Waals surface area (Å²) in [5.74, 6) is -2.33. The van der Waals surface area contributed by atoms with Crippen molar-refractivity contribution in [2.75, 3.05) is 39.6 Å². The number of hydrogen-bond donors (Lipinski definition) is 3. The fraction of sp³-hybridized carbons (Fsp3) is 0.694. The summed E-state index contributed by atoms with van der Waals surface area (Å²) in [5.41, 5.74) is 0. The van der Waals surface area contributed by atoms with Crippen molar-refractivity contribution in [3.05, 3.63) is 134 Å². The lowest BCUT2D eigenvalue weighted by Crippen LogP contribution is -2.30. The van der Waals surface area contributed by atoms with Crippen LogP contribution in [0, 0.1) is 0 Å². The molecule has 0 aliphatic carbocycles. The van der Waals surface area contributed by atoms with Gasteiger partial charge in [-0.05, 0) is 161 Å². The van der Waals surface area contributed by atoms with Gasteiger partial charge in [0.25, 0.3) is 0 Å². The molecule has 0 aromatic carbocycles. The predicted molar refractivity (Wildman–Crippen MR) is 427 cm³/mol. The summed E-state index contributed by atoms with van der Waals surface area (Å²) in [6, 6.07) is 0. The zero-order chi connectivity index (χ0) is 76.0. The van der Waals surface area contributed by atoms with E-state index >= 15 is 0 Å². The van der Waals surface area contributed by atoms with E-state index in [9.17, 15) is 43.2 Å². The predicted octanol–water partition coefficient (Wildman–Crippen LogP) is 23.7. The highest BCUT2D eigenvalue weighted by Crippen LogP contribution is 2.45. The largest absolute Gasteiger partial charge is 0.472 e. The Kier molecular flexibility index (Phi) is 72.9. The van der Waals surface area contributed by atoms with Crippen molar-refractivity contribution < 1.29 is 80.2 Å². The maximum absolute atomic E-state index is 13.1. The van der Waals surface area contributed by atoms with Crippen LogP contribution in [-0.2, 0) is 65.4 Å². The monoisotopic (exact) mass is 1500 g/mol. The van der Waals surface area contributed by atoms with Crippen LogP contribution in [0.15, 0.2) is 134 Å². The average molecular weight is 1500 g/mol. The summed E-state index contributed by atoms with van der Waals surface area (Å²) in [5, 5.41) is 10.6. The number of ether oxygens (including phenoxy) is 4. The molecule has 19 heteroatoms. The van der Waals surface area contributed by atoms with Crippen molar-refractivity contribution in [3.63, 3.8) is 0 Å². The Hall–Kier alpha value is -4.80. The molecule has 5 atom stereocenters. The van der Waals surface area contributed by atoms with E-state index in [1.54, 1.807) is 0 Å². The van der Waals surface area contributed by atoms with Crippen LogP contribution in [0.5, 0.6) is 0 Å². The van der Waals surface area contributed by atoms with Crippen LogP contribution in [0.2, 0.25) is 0 Å². The summed E-state index contributed by atoms with van der Waals surface area (Å²) >= 11 is 0. The normalized spacial score (nSPS) is 14.6. The van der Waals surface area contributed by atoms with Crippen molar-refractivity contribution >= 4 is 39.5 Å². The van der Waals surface area contributed by atoms with Gasteiger partial charge < -0.3 is 33.8 Å². The van der Waals surface area contributed by atoms with Crippen LogP contribution in [0.1, 0.15) is 323 Å². The standard InChI is InChI=1S/C85H144O17P2/c1-5-9-13-17-21-25-29-33-37-39-43-46-50-54-58-62-66-70-83(88)96-76-81(102-85(90)72-68-64-60-56-52-48-44-40-38-34-30-26-22-18-14-10-6-2)78-100-104(93,94)98-74-79(86)73-97-103(91,92)99-77-80(101-84(89)71-67-63-59-55-51-47-42-36-32-28-24-20-16-12-8-4)75-95-82(87)69-65-61-57-53-49-45-41-35-31-27-23-19-15-11-7-3/h21-22,24-26,28,33-38,41-44,46,48,54,56,58,60,79-81,86H,5-20,23,27,29-32,39-40,45,47,49-53,55,57,59,61-78H2,1-4H3,(H,91,92)(H,93,94)/b25-21-,26-22-,28-24-,37-33-,38-34-,41-35-,42-36-,46-43-,48-44-,58-54-,60-56-/t79-,80-,81-/m1/s1. The highest BCUT2D eigenvalue weighted by atomic mass is 31.2. The van der Waals surface area contributed by atoms with Gasteiger partial charge in [0, 0.05) is 25.7 Å². The molecular weight excluding hydrogens is 1350 g/mol. The van der Waals surface area contributed by atoms with Gasteiger partial charge in [-0.25, -0.2) is 9.13 Å². The second kappa shape index (κ2) is 76.4. The van der Waals surface area contributed by atoms with E-state index in [2.05, 4.69) is 137 Å². The molecule has 2 unspecified atom stereocenters. The third kappa shape index (κ3) is 75.4. The zero-order valence-corrected chi connectivity index (χ0v) is 66.9. The van der Waals surface area contributed by atoms with Crippen LogP contribution in [0.3, 0.4) is 0 Å². The Morgan fingerprint density at radius 3 is 0.798 bits per heavy atom. The van der Waals surface area contributed by atoms with E-state index in [0.29, 0.717) is 38.5 Å². The van der Waals surface area contributed by atoms with Crippen LogP contribution in [0.4, 0.5) is 0 Å². The van der Waals surface area contributed by atoms with Gasteiger partial charge in [0.2, 0.25) is 0 Å². The number of hydrogen-bond acceptors (Lipinski definition) is 15. The molecule has 3 N–H and O–H groups in total. The number of phosphoric acid groups is 2. The van der Waals surface area contributed by atoms with Crippen LogP contribution < -0.4 is 0 Å². The van der Waals surface area contributed by atoms with Gasteiger partial charge in [-0.3, -0.25) is 37.3 Å². The van der Waals surface area contributed by atoms with E-state index < -0.39 is 97.5 Å². The number of carbonyl (C=O) groups excluding carboxylic acids is 4. The molecule has 0 rings (SSSR count). The Labute approximate surface area is 631 Å². The van der Waals surface area contributed by atoms with Crippen LogP contribution >= 0.6 is 15.6 Å². The molecule has 0 fully saturated rings. The maximum atomic E-state index is 13.1. The highest BCUT2D eigenvalue weighted by molar-refractivity contribution is 7.47. The van der Waals surface area contributed by atoms with Crippen molar-refractivity contribution in [2.24, 2.45) is 0 Å². The SMILES string of the molecule is CCCCC/C=C\C/C=C\C/C=C\C/C=C\CCCC(=O)OC[C@H](COP(=O)(O)OC[C@H](O)COP(=O)(O)OC[C@@H](COC(=O)CCCCCCC/C=C\CCCCCCCC)OC(=O)CCCCCCC/C=C\C/C=C\CCCCC)OC(=O)CCC/C=C\C/C=C\C/C=C\C/C=C\CCCCC. The minimum atomic E-state index is -5.01. The lowest BCUT2D eigenvalue weighted by Gasteiger charge is -2.21. The number of carbonyl (C=O) groups is 4. The lowest BCUT2D eigenvalue weighted by atomic mass is 10.1. The van der Waals surface area contributed by atoms with Gasteiger partial charge >= 0.3 is 39.5 Å². The summed E-state index contributed by atoms with van der Waals surface area (Å²) < 4.78 is 68.5. The molecule has 0 radical (unpaired) electrons. The molecular formula is C85H144O17P2. The van der Waals surface area contributed by atoms with Crippen molar-refractivity contribution in [1.82, 2.24) is 0 Å². The number of esters is 4. The van der Waals surface area contributed by atoms with Gasteiger partial charge in [0.1, 0.15) is 19.3 Å². The van der Waals surface area contributed by atoms with Crippen molar-refractivity contribution in [3.8, 4) is 0 Å². The fourth-order valence-electron chi connectivity index (χ4n) is 10.3. The molecule has 0 saturated heterocycles. The van der Waals surface area contributed by atoms with E-state index in [1.807, 2.05) is 24.3 Å². The molecule has 0 bridgehead atoms. The number of allylic oxidation sites excluding steroid dienone is 22. The number of aliphatic hydroxyl groups is 1. The Morgan fingerprint density at radius 1 is 0.269 bits per heavy atom. The van der Waals surface area contributed by atoms with E-state index in [4.69, 9.17) is 37.0 Å². The topological polar surface area (TPSA) is 237 Å². The van der Waals surface area contributed by atoms with E-state index in [-0.39, 0.29) is 25.7 Å². The number of phosphoric ester groups is 2. The van der Waals surface area contributed by atoms with Crippen LogP contribution in [-0.4, -0.2) is 96.7 Å². The Bertz CT molecular complexity index is 2490. The first-order valence-electron chi connectivity index (χ1n) is 40.4. The summed E-state index contributed by atoms with van der Waals surface area (Å²) in [7, 11) is -10.0. The Balaban J connectivity index is 5.49. The summed E-state index contributed by atoms with van der Waals surface area (Å²) in [6.45, 7) is 4.65. The molecule has 0 aliphatic heterocycles. The number of unbranched alkanes of at least 4 members (excludes halogenated alkanes) is 27. The van der Waals surface area contributed by atoms with Crippen LogP contribution in [0.25, 0.3) is 0 Å². The lowest BCUT2D eigenvalue weighted by molar-refractivity contribution is -0.161. The first kappa shape index (κ1) is 99.2. The first-order chi connectivity index (χ1) is 50.7. The number of rotatable bonds is 75. The second-order valence-corrected chi connectivity index (χ2v) is 29.5. The second-order valence-electron chi connectivity index (χ2n) is 26.6. The molecule has 0 amide bonds. The average Bonchev–Trinajstić information content (AvgIpc) is 0.926. The van der Waals surface area contributed by atoms with E-state index in [0.717, 1.165) is 135 Å². The van der Waals surface area contributed by atoms with E-state index in [1.165, 1.54) is 96.3 Å². The smallest absolute Gasteiger partial charge is 0.462 e. The summed E-state index contributed by atoms with van der Waals surface area (Å²) in [6.07, 6.45) is 85.8. The Morgan fingerprint density at radius 2 is 0.481 bits per heavy atom. The molecule has 0 aromatic heterocycles. The van der Waals surface area contributed by atoms with Gasteiger partial charge in [0.05, 0.1) is 26.4 Å². The van der Waals surface area contributed by atoms with Gasteiger partial charge in [0.15, 0.2) is 12.2 Å². The fourth-order valence-corrected chi connectivity index (χ4v) is 11.9. The molecule has 17 nitrogen and oxygen atoms in total. The van der Waals surface area contributed by atoms with Crippen molar-refractivity contribution in [1.29, 1.82) is 0 Å². The molecule has 0 spiro atoms. The van der Waals surface area contributed by atoms with Gasteiger partial charge in [-0.15, -0.1) is 0 Å². The minimum absolute atomic E-state index is 0.00395. The minimum Gasteiger partial charge on any atom is -0.462 e. The van der Waals surface area contributed by atoms with Crippen molar-refractivity contribution in [2.45, 2.75) is 341 Å². The third-order valence-corrected chi connectivity index (χ3v) is 18.5. The maximum Gasteiger partial charge on any atom is 0.472 e. The molecule has 596 valence electrons. The molecule has 0 aliphatic rings. The number of aliphatic hydroxyl groups excluding tert-OH is 1. The molecule has 104 heavy (non-hydrogen) atoms. The molecule has 0 aromatic rings. The molecule has 0 heterocycles. The third-order valence-electron chi connectivity index (χ3n) is 16.6. The van der Waals surface area contributed by atoms with Gasteiger partial charge in [-0.2, -0.15) is 0 Å². The molecule has 0 saturated carbocycles.